The second-order valence-electron chi connectivity index (χ2n) is 6.86. The molecule has 0 unspecified atom stereocenters. The quantitative estimate of drug-likeness (QED) is 0.373. The van der Waals surface area contributed by atoms with E-state index in [9.17, 15) is 4.39 Å². The number of benzene rings is 2. The van der Waals surface area contributed by atoms with Gasteiger partial charge in [-0.05, 0) is 84.8 Å². The molecule has 2 aromatic carbocycles. The first-order valence-corrected chi connectivity index (χ1v) is 11.4. The number of thioether (sulfide) groups is 1. The molecule has 0 atom stereocenters. The Bertz CT molecular complexity index is 1130. The highest BCUT2D eigenvalue weighted by atomic mass is 32.2. The Labute approximate surface area is 198 Å². The number of anilines is 1. The van der Waals surface area contributed by atoms with E-state index in [2.05, 4.69) is 39.7 Å². The molecule has 2 heterocycles. The third-order valence-electron chi connectivity index (χ3n) is 4.96. The van der Waals surface area contributed by atoms with Crippen LogP contribution in [0.5, 0.6) is 0 Å². The maximum Gasteiger partial charge on any atom is 0.123 e. The molecule has 0 aliphatic heterocycles. The van der Waals surface area contributed by atoms with Gasteiger partial charge in [0.1, 0.15) is 19.4 Å². The van der Waals surface area contributed by atoms with Crippen LogP contribution in [-0.4, -0.2) is 36.8 Å². The second kappa shape index (κ2) is 14.6. The summed E-state index contributed by atoms with van der Waals surface area (Å²) in [4.78, 5) is 23.2. The molecule has 0 aliphatic rings. The van der Waals surface area contributed by atoms with Crippen molar-refractivity contribution < 1.29 is 14.0 Å². The highest BCUT2D eigenvalue weighted by Crippen LogP contribution is 2.27. The van der Waals surface area contributed by atoms with Gasteiger partial charge < -0.3 is 19.9 Å². The average Bonchev–Trinajstić information content (AvgIpc) is 3.15. The van der Waals surface area contributed by atoms with Crippen LogP contribution >= 0.6 is 11.8 Å². The van der Waals surface area contributed by atoms with E-state index in [1.807, 2.05) is 70.8 Å². The number of rotatable bonds is 4. The number of aryl methyl sites for hydroxylation is 2. The van der Waals surface area contributed by atoms with Crippen molar-refractivity contribution in [2.24, 2.45) is 0 Å². The van der Waals surface area contributed by atoms with E-state index in [0.29, 0.717) is 0 Å². The first kappa shape index (κ1) is 27.6. The van der Waals surface area contributed by atoms with Gasteiger partial charge in [0, 0.05) is 47.5 Å². The summed E-state index contributed by atoms with van der Waals surface area (Å²) in [7, 11) is 1.96. The van der Waals surface area contributed by atoms with Gasteiger partial charge in [0.05, 0.1) is 0 Å². The zero-order chi connectivity index (χ0) is 24.8. The van der Waals surface area contributed by atoms with Gasteiger partial charge >= 0.3 is 0 Å². The smallest absolute Gasteiger partial charge is 0.123 e. The molecule has 4 aromatic rings. The number of pyridine rings is 1. The molecule has 7 heteroatoms. The van der Waals surface area contributed by atoms with Crippen LogP contribution in [0.4, 0.5) is 10.1 Å². The van der Waals surface area contributed by atoms with Crippen LogP contribution in [0.25, 0.3) is 22.0 Å². The number of hydrogen-bond acceptors (Lipinski definition) is 5. The zero-order valence-electron chi connectivity index (χ0n) is 19.4. The number of carbonyl (C=O) groups is 2. The third-order valence-corrected chi connectivity index (χ3v) is 5.56. The second-order valence-corrected chi connectivity index (χ2v) is 7.72. The minimum absolute atomic E-state index is 0.176. The average molecular weight is 468 g/mol. The fourth-order valence-electron chi connectivity index (χ4n) is 3.27. The Hall–Kier alpha value is -3.45. The maximum absolute atomic E-state index is 12.8. The molecule has 0 spiro atoms. The lowest BCUT2D eigenvalue weighted by atomic mass is 10.0. The largest absolute Gasteiger partial charge is 0.388 e. The van der Waals surface area contributed by atoms with E-state index >= 15 is 0 Å². The van der Waals surface area contributed by atoms with Gasteiger partial charge in [-0.15, -0.1) is 0 Å². The van der Waals surface area contributed by atoms with Crippen LogP contribution in [0.2, 0.25) is 0 Å². The predicted octanol–water partition coefficient (Wildman–Crippen LogP) is 6.21. The van der Waals surface area contributed by atoms with E-state index in [0.717, 1.165) is 27.9 Å². The van der Waals surface area contributed by atoms with E-state index in [-0.39, 0.29) is 5.82 Å². The van der Waals surface area contributed by atoms with Gasteiger partial charge in [-0.2, -0.15) is 11.8 Å². The molecule has 174 valence electrons. The fourth-order valence-corrected chi connectivity index (χ4v) is 3.82. The standard InChI is InChI=1S/C14H16N2S.C10H10FN.2CH2O/c1-15-14-4-3-12(9-13(14)10-17-2)11-5-7-16-8-6-11;1-6-7(2)12-10-4-3-8(11)5-9(6)10;2*1-2/h3-9,15H,10H2,1-2H3;3-5,12H,1-2H3;2*1H2. The number of hydrogen-bond donors (Lipinski definition) is 2. The van der Waals surface area contributed by atoms with Crippen LogP contribution in [0.3, 0.4) is 0 Å². The Morgan fingerprint density at radius 2 is 1.64 bits per heavy atom. The van der Waals surface area contributed by atoms with Crippen molar-refractivity contribution in [1.82, 2.24) is 9.97 Å². The van der Waals surface area contributed by atoms with Crippen molar-refractivity contribution in [3.05, 3.63) is 83.6 Å². The van der Waals surface area contributed by atoms with E-state index in [1.165, 1.54) is 28.4 Å². The molecule has 0 amide bonds. The number of aromatic nitrogens is 2. The fraction of sp³-hybridized carbons (Fsp3) is 0.192. The van der Waals surface area contributed by atoms with Crippen molar-refractivity contribution in [1.29, 1.82) is 0 Å². The minimum atomic E-state index is -0.176. The van der Waals surface area contributed by atoms with Crippen LogP contribution in [0, 0.1) is 19.7 Å². The number of halogens is 1. The topological polar surface area (TPSA) is 74.8 Å². The highest BCUT2D eigenvalue weighted by Gasteiger charge is 2.04. The summed E-state index contributed by atoms with van der Waals surface area (Å²) in [6.07, 6.45) is 5.78. The first-order chi connectivity index (χ1) is 16.0. The lowest BCUT2D eigenvalue weighted by Crippen LogP contribution is -1.94. The summed E-state index contributed by atoms with van der Waals surface area (Å²) in [6, 6.07) is 15.4. The molecule has 0 radical (unpaired) electrons. The molecule has 2 N–H and O–H groups in total. The van der Waals surface area contributed by atoms with Crippen molar-refractivity contribution in [3.8, 4) is 11.1 Å². The SMILES string of the molecule is C=O.C=O.CNc1ccc(-c2ccncc2)cc1CSC.Cc1[nH]c2ccc(F)cc2c1C. The molecule has 0 saturated heterocycles. The molecule has 0 aliphatic carbocycles. The van der Waals surface area contributed by atoms with Crippen molar-refractivity contribution in [2.75, 3.05) is 18.6 Å². The number of aromatic amines is 1. The van der Waals surface area contributed by atoms with Crippen molar-refractivity contribution >= 4 is 41.9 Å². The zero-order valence-corrected chi connectivity index (χ0v) is 20.3. The lowest BCUT2D eigenvalue weighted by molar-refractivity contribution is -0.0987. The normalized spacial score (nSPS) is 9.48. The Kier molecular flexibility index (Phi) is 12.2. The number of H-pyrrole nitrogens is 1. The van der Waals surface area contributed by atoms with Gasteiger partial charge in [0.15, 0.2) is 0 Å². The summed E-state index contributed by atoms with van der Waals surface area (Å²) in [5.74, 6) is 0.847. The van der Waals surface area contributed by atoms with Crippen LogP contribution in [0.1, 0.15) is 16.8 Å². The Morgan fingerprint density at radius 3 is 2.24 bits per heavy atom. The molecule has 0 saturated carbocycles. The Morgan fingerprint density at radius 1 is 0.970 bits per heavy atom. The van der Waals surface area contributed by atoms with Gasteiger partial charge in [-0.25, -0.2) is 4.39 Å². The summed E-state index contributed by atoms with van der Waals surface area (Å²) in [6.45, 7) is 7.99. The number of nitrogens with one attached hydrogen (secondary N) is 2. The van der Waals surface area contributed by atoms with E-state index in [4.69, 9.17) is 9.59 Å². The maximum atomic E-state index is 12.8. The minimum Gasteiger partial charge on any atom is -0.388 e. The molecule has 2 aromatic heterocycles. The first-order valence-electron chi connectivity index (χ1n) is 10.1. The summed E-state index contributed by atoms with van der Waals surface area (Å²) >= 11 is 1.84. The summed E-state index contributed by atoms with van der Waals surface area (Å²) < 4.78 is 12.8. The van der Waals surface area contributed by atoms with E-state index in [1.54, 1.807) is 12.1 Å². The van der Waals surface area contributed by atoms with Crippen molar-refractivity contribution in [2.45, 2.75) is 19.6 Å². The van der Waals surface area contributed by atoms with Gasteiger partial charge in [-0.3, -0.25) is 4.98 Å². The van der Waals surface area contributed by atoms with Crippen LogP contribution in [-0.2, 0) is 15.3 Å². The van der Waals surface area contributed by atoms with E-state index < -0.39 is 0 Å². The molecular formula is C26H30FN3O2S. The van der Waals surface area contributed by atoms with Gasteiger partial charge in [0.25, 0.3) is 0 Å². The molecular weight excluding hydrogens is 437 g/mol. The number of fused-ring (bicyclic) bond motifs is 1. The monoisotopic (exact) mass is 467 g/mol. The molecule has 0 bridgehead atoms. The third kappa shape index (κ3) is 7.57. The molecule has 33 heavy (non-hydrogen) atoms. The van der Waals surface area contributed by atoms with Gasteiger partial charge in [0.2, 0.25) is 0 Å². The Balaban J connectivity index is 0.000000298. The number of carbonyl (C=O) groups excluding carboxylic acids is 2. The lowest BCUT2D eigenvalue weighted by Gasteiger charge is -2.10. The van der Waals surface area contributed by atoms with Gasteiger partial charge in [-0.1, -0.05) is 6.07 Å². The summed E-state index contributed by atoms with van der Waals surface area (Å²) in [5.41, 5.74) is 8.25. The van der Waals surface area contributed by atoms with Crippen LogP contribution in [0.15, 0.2) is 60.9 Å². The van der Waals surface area contributed by atoms with Crippen LogP contribution < -0.4 is 5.32 Å². The van der Waals surface area contributed by atoms with Crippen molar-refractivity contribution in [3.63, 3.8) is 0 Å². The molecule has 0 fully saturated rings. The highest BCUT2D eigenvalue weighted by molar-refractivity contribution is 7.97. The molecule has 5 nitrogen and oxygen atoms in total. The predicted molar refractivity (Wildman–Crippen MR) is 138 cm³/mol. The molecule has 4 rings (SSSR count). The number of nitrogens with zero attached hydrogens (tertiary/aromatic N) is 1. The summed E-state index contributed by atoms with van der Waals surface area (Å²) in [5, 5.41) is 4.21.